The van der Waals surface area contributed by atoms with Gasteiger partial charge in [-0.05, 0) is 44.0 Å². The van der Waals surface area contributed by atoms with E-state index in [2.05, 4.69) is 9.71 Å². The zero-order valence-corrected chi connectivity index (χ0v) is 11.8. The molecule has 0 aliphatic carbocycles. The zero-order chi connectivity index (χ0) is 14.0. The predicted molar refractivity (Wildman–Crippen MR) is 75.7 cm³/mol. The number of rotatable bonds is 5. The number of H-pyrrole nitrogens is 1. The van der Waals surface area contributed by atoms with Crippen molar-refractivity contribution in [2.75, 3.05) is 6.54 Å². The Balaban J connectivity index is 2.09. The molecule has 0 bridgehead atoms. The van der Waals surface area contributed by atoms with Crippen molar-refractivity contribution in [1.82, 2.24) is 9.71 Å². The number of sulfonamides is 1. The summed E-state index contributed by atoms with van der Waals surface area (Å²) in [5.74, 6) is 0.205. The summed E-state index contributed by atoms with van der Waals surface area (Å²) in [4.78, 5) is 3.10. The summed E-state index contributed by atoms with van der Waals surface area (Å²) in [7, 11) is -3.22. The summed E-state index contributed by atoms with van der Waals surface area (Å²) in [5, 5.41) is 9.96. The summed E-state index contributed by atoms with van der Waals surface area (Å²) in [5.41, 5.74) is 1.91. The zero-order valence-electron chi connectivity index (χ0n) is 11.0. The van der Waals surface area contributed by atoms with Gasteiger partial charge >= 0.3 is 0 Å². The molecule has 5 nitrogen and oxygen atoms in total. The normalized spacial score (nSPS) is 12.4. The van der Waals surface area contributed by atoms with Crippen molar-refractivity contribution in [2.24, 2.45) is 0 Å². The Morgan fingerprint density at radius 3 is 2.79 bits per heavy atom. The van der Waals surface area contributed by atoms with Crippen molar-refractivity contribution < 1.29 is 13.5 Å². The molecule has 0 spiro atoms. The molecule has 1 heterocycles. The van der Waals surface area contributed by atoms with Gasteiger partial charge in [0.1, 0.15) is 5.75 Å². The van der Waals surface area contributed by atoms with Crippen LogP contribution in [0.2, 0.25) is 0 Å². The molecule has 0 atom stereocenters. The third-order valence-corrected chi connectivity index (χ3v) is 4.92. The van der Waals surface area contributed by atoms with Gasteiger partial charge in [0.25, 0.3) is 0 Å². The van der Waals surface area contributed by atoms with E-state index < -0.39 is 15.3 Å². The first-order chi connectivity index (χ1) is 8.90. The van der Waals surface area contributed by atoms with Gasteiger partial charge in [-0.3, -0.25) is 0 Å². The van der Waals surface area contributed by atoms with Crippen LogP contribution in [0.25, 0.3) is 10.9 Å². The van der Waals surface area contributed by atoms with Crippen molar-refractivity contribution in [3.63, 3.8) is 0 Å². The first-order valence-corrected chi connectivity index (χ1v) is 7.72. The molecule has 19 heavy (non-hydrogen) atoms. The summed E-state index contributed by atoms with van der Waals surface area (Å²) in [6.45, 7) is 3.64. The molecule has 0 radical (unpaired) electrons. The minimum Gasteiger partial charge on any atom is -0.508 e. The molecule has 0 aliphatic heterocycles. The van der Waals surface area contributed by atoms with Gasteiger partial charge in [0.05, 0.1) is 5.25 Å². The highest BCUT2D eigenvalue weighted by Gasteiger charge is 2.14. The Kier molecular flexibility index (Phi) is 3.82. The lowest BCUT2D eigenvalue weighted by Crippen LogP contribution is -2.32. The molecular weight excluding hydrogens is 264 g/mol. The van der Waals surface area contributed by atoms with E-state index >= 15 is 0 Å². The fourth-order valence-corrected chi connectivity index (χ4v) is 2.59. The topological polar surface area (TPSA) is 82.2 Å². The summed E-state index contributed by atoms with van der Waals surface area (Å²) < 4.78 is 25.8. The number of nitrogens with one attached hydrogen (secondary N) is 2. The number of hydrogen-bond donors (Lipinski definition) is 3. The largest absolute Gasteiger partial charge is 0.508 e. The van der Waals surface area contributed by atoms with Crippen molar-refractivity contribution in [3.05, 3.63) is 30.0 Å². The maximum atomic E-state index is 11.6. The standard InChI is InChI=1S/C13H18N2O3S/c1-9(2)19(17,18)15-6-5-10-8-14-13-4-3-11(16)7-12(10)13/h3-4,7-9,14-16H,5-6H2,1-2H3. The van der Waals surface area contributed by atoms with E-state index in [1.165, 1.54) is 0 Å². The van der Waals surface area contributed by atoms with Crippen LogP contribution in [0.4, 0.5) is 0 Å². The van der Waals surface area contributed by atoms with Crippen LogP contribution >= 0.6 is 0 Å². The van der Waals surface area contributed by atoms with Gasteiger partial charge in [0.2, 0.25) is 10.0 Å². The van der Waals surface area contributed by atoms with Crippen LogP contribution in [0.5, 0.6) is 5.75 Å². The van der Waals surface area contributed by atoms with Crippen LogP contribution in [0.1, 0.15) is 19.4 Å². The second-order valence-corrected chi connectivity index (χ2v) is 7.10. The Labute approximate surface area is 112 Å². The van der Waals surface area contributed by atoms with Crippen molar-refractivity contribution >= 4 is 20.9 Å². The smallest absolute Gasteiger partial charge is 0.213 e. The van der Waals surface area contributed by atoms with Crippen LogP contribution in [0.3, 0.4) is 0 Å². The highest BCUT2D eigenvalue weighted by atomic mass is 32.2. The van der Waals surface area contributed by atoms with Crippen molar-refractivity contribution in [2.45, 2.75) is 25.5 Å². The first-order valence-electron chi connectivity index (χ1n) is 6.17. The van der Waals surface area contributed by atoms with Gasteiger partial charge in [-0.2, -0.15) is 0 Å². The fourth-order valence-electron chi connectivity index (χ4n) is 1.87. The van der Waals surface area contributed by atoms with Gasteiger partial charge in [0.15, 0.2) is 0 Å². The predicted octanol–water partition coefficient (Wildman–Crippen LogP) is 1.74. The lowest BCUT2D eigenvalue weighted by Gasteiger charge is -2.08. The Bertz CT molecular complexity index is 674. The highest BCUT2D eigenvalue weighted by Crippen LogP contribution is 2.23. The molecular formula is C13H18N2O3S. The van der Waals surface area contributed by atoms with E-state index in [-0.39, 0.29) is 5.75 Å². The van der Waals surface area contributed by atoms with Crippen LogP contribution < -0.4 is 4.72 Å². The number of aromatic nitrogens is 1. The van der Waals surface area contributed by atoms with Crippen LogP contribution in [0, 0.1) is 0 Å². The van der Waals surface area contributed by atoms with E-state index in [1.54, 1.807) is 32.0 Å². The molecule has 104 valence electrons. The molecule has 6 heteroatoms. The third kappa shape index (κ3) is 3.08. The summed E-state index contributed by atoms with van der Waals surface area (Å²) >= 11 is 0. The molecule has 3 N–H and O–H groups in total. The SMILES string of the molecule is CC(C)S(=O)(=O)NCCc1c[nH]c2ccc(O)cc12. The fraction of sp³-hybridized carbons (Fsp3) is 0.385. The average molecular weight is 282 g/mol. The minimum absolute atomic E-state index is 0.205. The monoisotopic (exact) mass is 282 g/mol. The third-order valence-electron chi connectivity index (χ3n) is 3.07. The highest BCUT2D eigenvalue weighted by molar-refractivity contribution is 7.90. The van der Waals surface area contributed by atoms with E-state index in [9.17, 15) is 13.5 Å². The molecule has 0 amide bonds. The number of phenols is 1. The summed E-state index contributed by atoms with van der Waals surface area (Å²) in [6, 6.07) is 5.09. The molecule has 0 fully saturated rings. The molecule has 2 aromatic rings. The van der Waals surface area contributed by atoms with Crippen LogP contribution in [-0.2, 0) is 16.4 Å². The van der Waals surface area contributed by atoms with Crippen molar-refractivity contribution in [1.29, 1.82) is 0 Å². The average Bonchev–Trinajstić information content (AvgIpc) is 2.71. The Morgan fingerprint density at radius 1 is 1.37 bits per heavy atom. The van der Waals surface area contributed by atoms with Crippen LogP contribution in [0.15, 0.2) is 24.4 Å². The molecule has 0 saturated heterocycles. The second kappa shape index (κ2) is 5.22. The maximum Gasteiger partial charge on any atom is 0.213 e. The number of aromatic amines is 1. The molecule has 1 aromatic carbocycles. The lowest BCUT2D eigenvalue weighted by molar-refractivity contribution is 0.476. The quantitative estimate of drug-likeness (QED) is 0.781. The van der Waals surface area contributed by atoms with Crippen LogP contribution in [-0.4, -0.2) is 30.3 Å². The molecule has 0 saturated carbocycles. The van der Waals surface area contributed by atoms with Gasteiger partial charge in [-0.25, -0.2) is 13.1 Å². The van der Waals surface area contributed by atoms with E-state index in [4.69, 9.17) is 0 Å². The molecule has 2 rings (SSSR count). The van der Waals surface area contributed by atoms with E-state index in [0.29, 0.717) is 13.0 Å². The van der Waals surface area contributed by atoms with Crippen molar-refractivity contribution in [3.8, 4) is 5.75 Å². The minimum atomic E-state index is -3.22. The number of benzene rings is 1. The van der Waals surface area contributed by atoms with E-state index in [1.807, 2.05) is 6.20 Å². The van der Waals surface area contributed by atoms with Gasteiger partial charge in [-0.15, -0.1) is 0 Å². The first kappa shape index (κ1) is 13.9. The Hall–Kier alpha value is -1.53. The summed E-state index contributed by atoms with van der Waals surface area (Å²) in [6.07, 6.45) is 2.42. The molecule has 0 aliphatic rings. The van der Waals surface area contributed by atoms with Gasteiger partial charge in [0, 0.05) is 23.6 Å². The maximum absolute atomic E-state index is 11.6. The number of fused-ring (bicyclic) bond motifs is 1. The van der Waals surface area contributed by atoms with Gasteiger partial charge in [-0.1, -0.05) is 0 Å². The molecule has 0 unspecified atom stereocenters. The lowest BCUT2D eigenvalue weighted by atomic mass is 10.1. The number of hydrogen-bond acceptors (Lipinski definition) is 3. The Morgan fingerprint density at radius 2 is 2.11 bits per heavy atom. The number of phenolic OH excluding ortho intramolecular Hbond substituents is 1. The second-order valence-electron chi connectivity index (χ2n) is 4.78. The number of aromatic hydroxyl groups is 1. The van der Waals surface area contributed by atoms with E-state index in [0.717, 1.165) is 16.5 Å². The van der Waals surface area contributed by atoms with Gasteiger partial charge < -0.3 is 10.1 Å². The molecule has 1 aromatic heterocycles.